The third-order valence-corrected chi connectivity index (χ3v) is 5.66. The number of fused-ring (bicyclic) bond motifs is 1. The molecule has 1 aromatic heterocycles. The maximum absolute atomic E-state index is 13.3. The van der Waals surface area contributed by atoms with Crippen molar-refractivity contribution in [2.45, 2.75) is 4.90 Å². The Hall–Kier alpha value is -3.79. The summed E-state index contributed by atoms with van der Waals surface area (Å²) in [7, 11) is -4.11. The van der Waals surface area contributed by atoms with Crippen LogP contribution in [-0.4, -0.2) is 24.5 Å². The lowest BCUT2D eigenvalue weighted by molar-refractivity contribution is 0.102. The van der Waals surface area contributed by atoms with Gasteiger partial charge in [-0.3, -0.25) is 14.6 Å². The molecule has 0 saturated carbocycles. The number of benzene rings is 3. The van der Waals surface area contributed by atoms with E-state index in [-0.39, 0.29) is 11.4 Å². The van der Waals surface area contributed by atoms with Gasteiger partial charge in [-0.1, -0.05) is 18.2 Å². The maximum Gasteiger partial charge on any atom is 0.276 e. The Balaban J connectivity index is 1.48. The number of halogens is 2. The number of rotatable bonds is 5. The van der Waals surface area contributed by atoms with Crippen LogP contribution in [0.25, 0.3) is 10.9 Å². The number of hydrogen-bond acceptors (Lipinski definition) is 4. The van der Waals surface area contributed by atoms with Crippen LogP contribution in [-0.2, 0) is 10.0 Å². The number of sulfonamides is 1. The van der Waals surface area contributed by atoms with Crippen molar-refractivity contribution in [1.29, 1.82) is 0 Å². The zero-order chi connectivity index (χ0) is 21.3. The van der Waals surface area contributed by atoms with E-state index in [1.165, 1.54) is 24.3 Å². The summed E-state index contributed by atoms with van der Waals surface area (Å²) in [5, 5.41) is 10.1. The first kappa shape index (κ1) is 19.5. The van der Waals surface area contributed by atoms with Crippen molar-refractivity contribution in [3.63, 3.8) is 0 Å². The quantitative estimate of drug-likeness (QED) is 0.449. The molecule has 4 aromatic rings. The van der Waals surface area contributed by atoms with Gasteiger partial charge < -0.3 is 5.32 Å². The van der Waals surface area contributed by atoms with Gasteiger partial charge in [0, 0.05) is 16.8 Å². The van der Waals surface area contributed by atoms with Gasteiger partial charge in [-0.2, -0.15) is 5.10 Å². The fraction of sp³-hybridized carbons (Fsp3) is 0. The summed E-state index contributed by atoms with van der Waals surface area (Å²) in [4.78, 5) is 12.1. The highest BCUT2D eigenvalue weighted by Gasteiger charge is 2.17. The van der Waals surface area contributed by atoms with Gasteiger partial charge in [0.2, 0.25) is 0 Å². The van der Waals surface area contributed by atoms with Crippen molar-refractivity contribution in [3.8, 4) is 0 Å². The summed E-state index contributed by atoms with van der Waals surface area (Å²) >= 11 is 0. The number of aromatic amines is 1. The minimum absolute atomic E-state index is 0.183. The van der Waals surface area contributed by atoms with E-state index in [1.54, 1.807) is 18.2 Å². The van der Waals surface area contributed by atoms with E-state index in [0.717, 1.165) is 17.6 Å². The Morgan fingerprint density at radius 2 is 1.60 bits per heavy atom. The van der Waals surface area contributed by atoms with Gasteiger partial charge in [0.05, 0.1) is 10.4 Å². The molecule has 0 aliphatic rings. The van der Waals surface area contributed by atoms with Gasteiger partial charge in [-0.15, -0.1) is 0 Å². The summed E-state index contributed by atoms with van der Waals surface area (Å²) < 4.78 is 53.3. The van der Waals surface area contributed by atoms with Crippen LogP contribution in [0.5, 0.6) is 0 Å². The lowest BCUT2D eigenvalue weighted by Crippen LogP contribution is -2.14. The standard InChI is InChI=1S/C20H14F2N4O3S/c21-16-10-9-14(11-17(16)22)30(28,29)26-13-7-5-12(6-8-13)23-20(27)19-15-3-1-2-4-18(15)24-25-19/h1-11,26H,(H,23,27)(H,24,25). The molecule has 1 heterocycles. The molecule has 30 heavy (non-hydrogen) atoms. The van der Waals surface area contributed by atoms with E-state index >= 15 is 0 Å². The SMILES string of the molecule is O=C(Nc1ccc(NS(=O)(=O)c2ccc(F)c(F)c2)cc1)c1n[nH]c2ccccc12. The van der Waals surface area contributed by atoms with E-state index in [2.05, 4.69) is 20.2 Å². The first-order chi connectivity index (χ1) is 14.3. The fourth-order valence-electron chi connectivity index (χ4n) is 2.81. The van der Waals surface area contributed by atoms with Crippen LogP contribution in [0.15, 0.2) is 71.6 Å². The lowest BCUT2D eigenvalue weighted by Gasteiger charge is -2.09. The molecular weight excluding hydrogens is 414 g/mol. The second-order valence-corrected chi connectivity index (χ2v) is 8.01. The molecule has 7 nitrogen and oxygen atoms in total. The van der Waals surface area contributed by atoms with Crippen molar-refractivity contribution < 1.29 is 22.0 Å². The largest absolute Gasteiger partial charge is 0.321 e. The molecule has 0 radical (unpaired) electrons. The van der Waals surface area contributed by atoms with Gasteiger partial charge in [-0.05, 0) is 48.5 Å². The van der Waals surface area contributed by atoms with E-state index in [9.17, 15) is 22.0 Å². The number of aromatic nitrogens is 2. The van der Waals surface area contributed by atoms with Crippen molar-refractivity contribution in [3.05, 3.63) is 84.1 Å². The van der Waals surface area contributed by atoms with E-state index in [0.29, 0.717) is 17.1 Å². The summed E-state index contributed by atoms with van der Waals surface area (Å²) in [5.41, 5.74) is 1.56. The Labute approximate surface area is 169 Å². The molecule has 0 bridgehead atoms. The average molecular weight is 428 g/mol. The van der Waals surface area contributed by atoms with E-state index < -0.39 is 32.5 Å². The number of amides is 1. The van der Waals surface area contributed by atoms with Crippen molar-refractivity contribution in [2.24, 2.45) is 0 Å². The normalized spacial score (nSPS) is 11.4. The Bertz CT molecular complexity index is 1350. The van der Waals surface area contributed by atoms with Crippen molar-refractivity contribution >= 4 is 38.2 Å². The summed E-state index contributed by atoms with van der Waals surface area (Å²) in [6, 6.07) is 15.3. The second-order valence-electron chi connectivity index (χ2n) is 6.33. The maximum atomic E-state index is 13.3. The summed E-state index contributed by atoms with van der Waals surface area (Å²) in [5.74, 6) is -2.83. The third-order valence-electron chi connectivity index (χ3n) is 4.28. The number of nitrogens with zero attached hydrogens (tertiary/aromatic N) is 1. The minimum Gasteiger partial charge on any atom is -0.321 e. The van der Waals surface area contributed by atoms with Crippen molar-refractivity contribution in [2.75, 3.05) is 10.0 Å². The predicted molar refractivity (Wildman–Crippen MR) is 108 cm³/mol. The Morgan fingerprint density at radius 1 is 0.900 bits per heavy atom. The van der Waals surface area contributed by atoms with Gasteiger partial charge >= 0.3 is 0 Å². The van der Waals surface area contributed by atoms with E-state index in [1.807, 2.05) is 6.07 Å². The number of para-hydroxylation sites is 1. The van der Waals surface area contributed by atoms with Gasteiger partial charge in [-0.25, -0.2) is 17.2 Å². The summed E-state index contributed by atoms with van der Waals surface area (Å²) in [6.45, 7) is 0. The van der Waals surface area contributed by atoms with Crippen LogP contribution < -0.4 is 10.0 Å². The molecule has 4 rings (SSSR count). The Kier molecular flexibility index (Phi) is 4.92. The smallest absolute Gasteiger partial charge is 0.276 e. The fourth-order valence-corrected chi connectivity index (χ4v) is 3.88. The number of nitrogens with one attached hydrogen (secondary N) is 3. The molecule has 0 aliphatic carbocycles. The number of H-pyrrole nitrogens is 1. The van der Waals surface area contributed by atoms with E-state index in [4.69, 9.17) is 0 Å². The molecule has 0 atom stereocenters. The van der Waals surface area contributed by atoms with Crippen LogP contribution in [0.2, 0.25) is 0 Å². The topological polar surface area (TPSA) is 104 Å². The summed E-state index contributed by atoms with van der Waals surface area (Å²) in [6.07, 6.45) is 0. The van der Waals surface area contributed by atoms with Crippen LogP contribution in [0.3, 0.4) is 0 Å². The molecule has 1 amide bonds. The molecule has 0 spiro atoms. The predicted octanol–water partition coefficient (Wildman–Crippen LogP) is 3.89. The zero-order valence-electron chi connectivity index (χ0n) is 15.2. The molecule has 0 saturated heterocycles. The number of anilines is 2. The molecule has 3 N–H and O–H groups in total. The molecule has 10 heteroatoms. The number of hydrogen-bond donors (Lipinski definition) is 3. The lowest BCUT2D eigenvalue weighted by atomic mass is 10.2. The number of carbonyl (C=O) groups is 1. The second kappa shape index (κ2) is 7.56. The molecule has 0 unspecified atom stereocenters. The molecule has 3 aromatic carbocycles. The molecular formula is C20H14F2N4O3S. The van der Waals surface area contributed by atoms with Gasteiger partial charge in [0.25, 0.3) is 15.9 Å². The van der Waals surface area contributed by atoms with Gasteiger partial charge in [0.1, 0.15) is 0 Å². The third kappa shape index (κ3) is 3.85. The first-order valence-electron chi connectivity index (χ1n) is 8.66. The van der Waals surface area contributed by atoms with Crippen LogP contribution in [0, 0.1) is 11.6 Å². The highest BCUT2D eigenvalue weighted by Crippen LogP contribution is 2.21. The van der Waals surface area contributed by atoms with Crippen molar-refractivity contribution in [1.82, 2.24) is 10.2 Å². The highest BCUT2D eigenvalue weighted by molar-refractivity contribution is 7.92. The molecule has 0 fully saturated rings. The minimum atomic E-state index is -4.11. The van der Waals surface area contributed by atoms with Gasteiger partial charge in [0.15, 0.2) is 17.3 Å². The van der Waals surface area contributed by atoms with Crippen LogP contribution in [0.1, 0.15) is 10.5 Å². The average Bonchev–Trinajstić information content (AvgIpc) is 3.15. The monoisotopic (exact) mass is 428 g/mol. The number of carbonyl (C=O) groups excluding carboxylic acids is 1. The van der Waals surface area contributed by atoms with Crippen LogP contribution >= 0.6 is 0 Å². The molecule has 0 aliphatic heterocycles. The van der Waals surface area contributed by atoms with Crippen LogP contribution in [0.4, 0.5) is 20.2 Å². The molecule has 152 valence electrons. The Morgan fingerprint density at radius 3 is 2.33 bits per heavy atom. The zero-order valence-corrected chi connectivity index (χ0v) is 16.0. The highest BCUT2D eigenvalue weighted by atomic mass is 32.2. The first-order valence-corrected chi connectivity index (χ1v) is 10.1.